The quantitative estimate of drug-likeness (QED) is 0.689. The molecule has 1 atom stereocenters. The van der Waals surface area contributed by atoms with Gasteiger partial charge in [0, 0.05) is 11.9 Å². The van der Waals surface area contributed by atoms with Gasteiger partial charge in [0.05, 0.1) is 14.2 Å². The number of fused-ring (bicyclic) bond motifs is 1. The number of carbonyl (C=O) groups excluding carboxylic acids is 1. The van der Waals surface area contributed by atoms with Gasteiger partial charge >= 0.3 is 0 Å². The first-order valence-electron chi connectivity index (χ1n) is 8.75. The molecule has 5 nitrogen and oxygen atoms in total. The van der Waals surface area contributed by atoms with Gasteiger partial charge in [0.25, 0.3) is 5.91 Å². The lowest BCUT2D eigenvalue weighted by atomic mass is 10.1. The van der Waals surface area contributed by atoms with E-state index in [2.05, 4.69) is 5.32 Å². The highest BCUT2D eigenvalue weighted by Crippen LogP contribution is 2.28. The molecule has 0 saturated heterocycles. The van der Waals surface area contributed by atoms with Gasteiger partial charge in [0.1, 0.15) is 5.75 Å². The van der Waals surface area contributed by atoms with Crippen LogP contribution >= 0.6 is 0 Å². The second-order valence-corrected chi connectivity index (χ2v) is 6.14. The van der Waals surface area contributed by atoms with Gasteiger partial charge in [-0.15, -0.1) is 0 Å². The van der Waals surface area contributed by atoms with Crippen LogP contribution in [0.25, 0.3) is 10.8 Å². The Morgan fingerprint density at radius 2 is 1.67 bits per heavy atom. The third kappa shape index (κ3) is 4.31. The minimum absolute atomic E-state index is 0.183. The fourth-order valence-electron chi connectivity index (χ4n) is 2.87. The van der Waals surface area contributed by atoms with E-state index < -0.39 is 6.10 Å². The van der Waals surface area contributed by atoms with Crippen molar-refractivity contribution in [1.82, 2.24) is 5.32 Å². The molecule has 0 aliphatic carbocycles. The van der Waals surface area contributed by atoms with Gasteiger partial charge in [-0.05, 0) is 36.1 Å². The summed E-state index contributed by atoms with van der Waals surface area (Å²) in [6.45, 7) is 2.12. The lowest BCUT2D eigenvalue weighted by Gasteiger charge is -2.16. The SMILES string of the molecule is COc1ccc(CNC(=O)C(C)Oc2cccc3ccccc23)cc1OC. The van der Waals surface area contributed by atoms with Crippen molar-refractivity contribution in [1.29, 1.82) is 0 Å². The van der Waals surface area contributed by atoms with E-state index in [-0.39, 0.29) is 5.91 Å². The van der Waals surface area contributed by atoms with Crippen molar-refractivity contribution < 1.29 is 19.0 Å². The first kappa shape index (κ1) is 18.6. The zero-order valence-corrected chi connectivity index (χ0v) is 15.7. The number of rotatable bonds is 7. The molecule has 0 aliphatic heterocycles. The van der Waals surface area contributed by atoms with Gasteiger partial charge in [-0.3, -0.25) is 4.79 Å². The van der Waals surface area contributed by atoms with E-state index in [4.69, 9.17) is 14.2 Å². The number of amides is 1. The Bertz CT molecular complexity index is 933. The fraction of sp³-hybridized carbons (Fsp3) is 0.227. The largest absolute Gasteiger partial charge is 0.493 e. The predicted molar refractivity (Wildman–Crippen MR) is 105 cm³/mol. The molecule has 27 heavy (non-hydrogen) atoms. The summed E-state index contributed by atoms with van der Waals surface area (Å²) in [5.74, 6) is 1.80. The molecule has 0 heterocycles. The normalized spacial score (nSPS) is 11.7. The van der Waals surface area contributed by atoms with E-state index >= 15 is 0 Å². The van der Waals surface area contributed by atoms with Crippen LogP contribution < -0.4 is 19.5 Å². The maximum absolute atomic E-state index is 12.4. The van der Waals surface area contributed by atoms with Crippen LogP contribution in [-0.2, 0) is 11.3 Å². The van der Waals surface area contributed by atoms with Gasteiger partial charge < -0.3 is 19.5 Å². The maximum Gasteiger partial charge on any atom is 0.261 e. The molecule has 1 amide bonds. The second kappa shape index (κ2) is 8.45. The molecule has 0 radical (unpaired) electrons. The Balaban J connectivity index is 1.64. The van der Waals surface area contributed by atoms with E-state index in [1.807, 2.05) is 60.7 Å². The van der Waals surface area contributed by atoms with Crippen molar-refractivity contribution in [3.8, 4) is 17.2 Å². The zero-order chi connectivity index (χ0) is 19.2. The fourth-order valence-corrected chi connectivity index (χ4v) is 2.87. The van der Waals surface area contributed by atoms with E-state index in [0.29, 0.717) is 23.8 Å². The molecule has 0 aromatic heterocycles. The molecule has 3 rings (SSSR count). The van der Waals surface area contributed by atoms with Gasteiger partial charge in [-0.25, -0.2) is 0 Å². The van der Waals surface area contributed by atoms with Crippen molar-refractivity contribution in [2.75, 3.05) is 14.2 Å². The molecule has 1 unspecified atom stereocenters. The average molecular weight is 365 g/mol. The molecule has 3 aromatic carbocycles. The number of benzene rings is 3. The molecule has 140 valence electrons. The van der Waals surface area contributed by atoms with Crippen molar-refractivity contribution in [2.24, 2.45) is 0 Å². The summed E-state index contributed by atoms with van der Waals surface area (Å²) in [5, 5.41) is 4.96. The molecule has 0 spiro atoms. The molecule has 5 heteroatoms. The summed E-state index contributed by atoms with van der Waals surface area (Å²) in [4.78, 5) is 12.4. The molecular weight excluding hydrogens is 342 g/mol. The van der Waals surface area contributed by atoms with Crippen LogP contribution in [-0.4, -0.2) is 26.2 Å². The Morgan fingerprint density at radius 3 is 2.44 bits per heavy atom. The van der Waals surface area contributed by atoms with Crippen LogP contribution in [0, 0.1) is 0 Å². The summed E-state index contributed by atoms with van der Waals surface area (Å²) < 4.78 is 16.4. The lowest BCUT2D eigenvalue weighted by Crippen LogP contribution is -2.35. The second-order valence-electron chi connectivity index (χ2n) is 6.14. The zero-order valence-electron chi connectivity index (χ0n) is 15.7. The summed E-state index contributed by atoms with van der Waals surface area (Å²) in [5.41, 5.74) is 0.915. The monoisotopic (exact) mass is 365 g/mol. The maximum atomic E-state index is 12.4. The van der Waals surface area contributed by atoms with E-state index in [1.54, 1.807) is 21.1 Å². The molecule has 3 aromatic rings. The number of hydrogen-bond donors (Lipinski definition) is 1. The number of nitrogens with one attached hydrogen (secondary N) is 1. The standard InChI is InChI=1S/C22H23NO4/c1-15(27-19-10-6-8-17-7-4-5-9-18(17)19)22(24)23-14-16-11-12-20(25-2)21(13-16)26-3/h4-13,15H,14H2,1-3H3,(H,23,24). The molecular formula is C22H23NO4. The smallest absolute Gasteiger partial charge is 0.261 e. The first-order chi connectivity index (χ1) is 13.1. The highest BCUT2D eigenvalue weighted by Gasteiger charge is 2.16. The highest BCUT2D eigenvalue weighted by atomic mass is 16.5. The summed E-state index contributed by atoms with van der Waals surface area (Å²) in [6, 6.07) is 19.3. The van der Waals surface area contributed by atoms with Crippen LogP contribution in [0.15, 0.2) is 60.7 Å². The number of ether oxygens (including phenoxy) is 3. The van der Waals surface area contributed by atoms with Crippen LogP contribution in [0.2, 0.25) is 0 Å². The van der Waals surface area contributed by atoms with Crippen molar-refractivity contribution in [3.05, 3.63) is 66.2 Å². The van der Waals surface area contributed by atoms with Gasteiger partial charge in [-0.1, -0.05) is 42.5 Å². The van der Waals surface area contributed by atoms with Gasteiger partial charge in [0.2, 0.25) is 0 Å². The van der Waals surface area contributed by atoms with E-state index in [0.717, 1.165) is 16.3 Å². The summed E-state index contributed by atoms with van der Waals surface area (Å²) in [6.07, 6.45) is -0.615. The highest BCUT2D eigenvalue weighted by molar-refractivity contribution is 5.89. The molecule has 0 aliphatic rings. The molecule has 0 fully saturated rings. The van der Waals surface area contributed by atoms with Crippen LogP contribution in [0.5, 0.6) is 17.2 Å². The molecule has 1 N–H and O–H groups in total. The van der Waals surface area contributed by atoms with Crippen molar-refractivity contribution in [3.63, 3.8) is 0 Å². The van der Waals surface area contributed by atoms with Gasteiger partial charge in [-0.2, -0.15) is 0 Å². The lowest BCUT2D eigenvalue weighted by molar-refractivity contribution is -0.127. The predicted octanol–water partition coefficient (Wildman–Crippen LogP) is 3.94. The minimum atomic E-state index is -0.615. The minimum Gasteiger partial charge on any atom is -0.493 e. The van der Waals surface area contributed by atoms with Crippen molar-refractivity contribution in [2.45, 2.75) is 19.6 Å². The van der Waals surface area contributed by atoms with Crippen LogP contribution in [0.3, 0.4) is 0 Å². The topological polar surface area (TPSA) is 56.8 Å². The third-order valence-corrected chi connectivity index (χ3v) is 4.34. The van der Waals surface area contributed by atoms with Crippen molar-refractivity contribution >= 4 is 16.7 Å². The molecule has 0 bridgehead atoms. The van der Waals surface area contributed by atoms with Crippen LogP contribution in [0.4, 0.5) is 0 Å². The van der Waals surface area contributed by atoms with Crippen LogP contribution in [0.1, 0.15) is 12.5 Å². The Labute approximate surface area is 158 Å². The third-order valence-electron chi connectivity index (χ3n) is 4.34. The van der Waals surface area contributed by atoms with E-state index in [9.17, 15) is 4.79 Å². The first-order valence-corrected chi connectivity index (χ1v) is 8.75. The Hall–Kier alpha value is -3.21. The number of carbonyl (C=O) groups is 1. The number of methoxy groups -OCH3 is 2. The summed E-state index contributed by atoms with van der Waals surface area (Å²) >= 11 is 0. The van der Waals surface area contributed by atoms with Gasteiger partial charge in [0.15, 0.2) is 17.6 Å². The molecule has 0 saturated carbocycles. The Morgan fingerprint density at radius 1 is 0.926 bits per heavy atom. The average Bonchev–Trinajstić information content (AvgIpc) is 2.71. The summed E-state index contributed by atoms with van der Waals surface area (Å²) in [7, 11) is 3.17. The van der Waals surface area contributed by atoms with E-state index in [1.165, 1.54) is 0 Å². The Kier molecular flexibility index (Phi) is 5.81. The number of hydrogen-bond acceptors (Lipinski definition) is 4.